The summed E-state index contributed by atoms with van der Waals surface area (Å²) in [4.78, 5) is 0. The van der Waals surface area contributed by atoms with E-state index in [4.69, 9.17) is 9.84 Å². The zero-order chi connectivity index (χ0) is 15.2. The molecule has 0 radical (unpaired) electrons. The number of nitrogens with zero attached hydrogens (tertiary/aromatic N) is 2. The van der Waals surface area contributed by atoms with Crippen LogP contribution < -0.4 is 5.32 Å². The lowest BCUT2D eigenvalue weighted by Gasteiger charge is -2.31. The van der Waals surface area contributed by atoms with E-state index in [9.17, 15) is 0 Å². The Balaban J connectivity index is 2.17. The first kappa shape index (κ1) is 17.0. The van der Waals surface area contributed by atoms with E-state index in [-0.39, 0.29) is 0 Å². The first-order valence-electron chi connectivity index (χ1n) is 8.30. The summed E-state index contributed by atoms with van der Waals surface area (Å²) < 4.78 is 9.32. The Hall–Kier alpha value is -0.390. The van der Waals surface area contributed by atoms with Crippen LogP contribution in [0.25, 0.3) is 0 Å². The highest BCUT2D eigenvalue weighted by molar-refractivity contribution is 9.10. The Bertz CT molecular complexity index is 441. The summed E-state index contributed by atoms with van der Waals surface area (Å²) in [7, 11) is 0. The maximum Gasteiger partial charge on any atom is 0.0766 e. The zero-order valence-corrected chi connectivity index (χ0v) is 15.1. The molecule has 0 spiro atoms. The van der Waals surface area contributed by atoms with Crippen molar-refractivity contribution in [2.75, 3.05) is 13.2 Å². The number of hydrogen-bond acceptors (Lipinski definition) is 3. The van der Waals surface area contributed by atoms with Crippen LogP contribution in [0.4, 0.5) is 0 Å². The maximum absolute atomic E-state index is 6.00. The van der Waals surface area contributed by atoms with Crippen LogP contribution in [-0.2, 0) is 24.1 Å². The van der Waals surface area contributed by atoms with Gasteiger partial charge in [-0.3, -0.25) is 4.68 Å². The van der Waals surface area contributed by atoms with Crippen LogP contribution in [-0.4, -0.2) is 35.1 Å². The van der Waals surface area contributed by atoms with Crippen molar-refractivity contribution in [3.05, 3.63) is 15.9 Å². The predicted molar refractivity (Wildman–Crippen MR) is 89.7 cm³/mol. The Kier molecular flexibility index (Phi) is 6.71. The summed E-state index contributed by atoms with van der Waals surface area (Å²) in [6.45, 7) is 9.27. The molecule has 1 aromatic rings. The Morgan fingerprint density at radius 2 is 2.19 bits per heavy atom. The third-order valence-electron chi connectivity index (χ3n) is 4.24. The van der Waals surface area contributed by atoms with Gasteiger partial charge in [0.05, 0.1) is 22.0 Å². The highest BCUT2D eigenvalue weighted by Crippen LogP contribution is 2.26. The molecule has 1 N–H and O–H groups in total. The number of rotatable bonds is 7. The molecule has 1 saturated heterocycles. The Morgan fingerprint density at radius 1 is 1.38 bits per heavy atom. The van der Waals surface area contributed by atoms with Gasteiger partial charge in [-0.15, -0.1) is 0 Å². The molecule has 1 fully saturated rings. The quantitative estimate of drug-likeness (QED) is 0.813. The van der Waals surface area contributed by atoms with Crippen molar-refractivity contribution in [1.29, 1.82) is 0 Å². The van der Waals surface area contributed by atoms with E-state index in [1.165, 1.54) is 23.0 Å². The van der Waals surface area contributed by atoms with E-state index >= 15 is 0 Å². The lowest BCUT2D eigenvalue weighted by molar-refractivity contribution is -0.00749. The molecule has 1 aliphatic heterocycles. The van der Waals surface area contributed by atoms with Gasteiger partial charge in [0.15, 0.2) is 0 Å². The molecular weight excluding hydrogens is 330 g/mol. The van der Waals surface area contributed by atoms with Crippen LogP contribution in [0.1, 0.15) is 51.4 Å². The van der Waals surface area contributed by atoms with Crippen LogP contribution in [0.5, 0.6) is 0 Å². The molecule has 2 atom stereocenters. The molecule has 4 nitrogen and oxygen atoms in total. The summed E-state index contributed by atoms with van der Waals surface area (Å²) in [6, 6.07) is 0.373. The lowest BCUT2D eigenvalue weighted by atomic mass is 9.98. The van der Waals surface area contributed by atoms with Crippen LogP contribution >= 0.6 is 15.9 Å². The van der Waals surface area contributed by atoms with E-state index < -0.39 is 0 Å². The minimum atomic E-state index is 0.330. The standard InChI is InChI=1S/C16H28BrN3O/c1-4-12-16(17)14(20(6-3)19-12)11-13(18-5-2)15-9-7-8-10-21-15/h13,15,18H,4-11H2,1-3H3. The van der Waals surface area contributed by atoms with Gasteiger partial charge in [0.25, 0.3) is 0 Å². The summed E-state index contributed by atoms with van der Waals surface area (Å²) in [5.41, 5.74) is 2.46. The van der Waals surface area contributed by atoms with Crippen LogP contribution in [0.3, 0.4) is 0 Å². The molecule has 1 aromatic heterocycles. The van der Waals surface area contributed by atoms with Crippen molar-refractivity contribution in [2.24, 2.45) is 0 Å². The third-order valence-corrected chi connectivity index (χ3v) is 5.15. The summed E-state index contributed by atoms with van der Waals surface area (Å²) >= 11 is 3.75. The van der Waals surface area contributed by atoms with Gasteiger partial charge >= 0.3 is 0 Å². The van der Waals surface area contributed by atoms with Crippen LogP contribution in [0.15, 0.2) is 4.47 Å². The van der Waals surface area contributed by atoms with E-state index in [1.54, 1.807) is 0 Å². The first-order valence-corrected chi connectivity index (χ1v) is 9.09. The van der Waals surface area contributed by atoms with Gasteiger partial charge in [-0.2, -0.15) is 5.10 Å². The number of aryl methyl sites for hydroxylation is 2. The van der Waals surface area contributed by atoms with Gasteiger partial charge in [0.2, 0.25) is 0 Å². The predicted octanol–water partition coefficient (Wildman–Crippen LogP) is 3.32. The summed E-state index contributed by atoms with van der Waals surface area (Å²) in [6.07, 6.45) is 5.91. The molecule has 120 valence electrons. The number of ether oxygens (including phenoxy) is 1. The van der Waals surface area contributed by atoms with E-state index in [1.807, 2.05) is 0 Å². The first-order chi connectivity index (χ1) is 10.2. The maximum atomic E-state index is 6.00. The van der Waals surface area contributed by atoms with Gasteiger partial charge < -0.3 is 10.1 Å². The Labute approximate surface area is 136 Å². The van der Waals surface area contributed by atoms with Crippen molar-refractivity contribution in [2.45, 2.75) is 71.6 Å². The average molecular weight is 358 g/mol. The number of halogens is 1. The fourth-order valence-corrected chi connectivity index (χ4v) is 3.83. The van der Waals surface area contributed by atoms with Crippen LogP contribution in [0.2, 0.25) is 0 Å². The van der Waals surface area contributed by atoms with E-state index in [0.717, 1.165) is 44.7 Å². The van der Waals surface area contributed by atoms with Crippen molar-refractivity contribution in [3.8, 4) is 0 Å². The number of hydrogen-bond donors (Lipinski definition) is 1. The van der Waals surface area contributed by atoms with E-state index in [0.29, 0.717) is 12.1 Å². The lowest BCUT2D eigenvalue weighted by Crippen LogP contribution is -2.44. The van der Waals surface area contributed by atoms with Gasteiger partial charge in [0.1, 0.15) is 0 Å². The monoisotopic (exact) mass is 357 g/mol. The molecule has 0 aromatic carbocycles. The second kappa shape index (κ2) is 8.30. The molecular formula is C16H28BrN3O. The van der Waals surface area contributed by atoms with Gasteiger partial charge in [0, 0.05) is 25.6 Å². The topological polar surface area (TPSA) is 39.1 Å². The average Bonchev–Trinajstić information content (AvgIpc) is 2.83. The van der Waals surface area contributed by atoms with Gasteiger partial charge in [-0.05, 0) is 55.1 Å². The number of aromatic nitrogens is 2. The summed E-state index contributed by atoms with van der Waals surface area (Å²) in [5.74, 6) is 0. The molecule has 0 bridgehead atoms. The van der Waals surface area contributed by atoms with Crippen molar-refractivity contribution >= 4 is 15.9 Å². The minimum Gasteiger partial charge on any atom is -0.377 e. The fourth-order valence-electron chi connectivity index (χ4n) is 3.10. The summed E-state index contributed by atoms with van der Waals surface area (Å²) in [5, 5.41) is 8.33. The number of likely N-dealkylation sites (N-methyl/N-ethyl adjacent to an activating group) is 1. The van der Waals surface area contributed by atoms with Gasteiger partial charge in [-0.25, -0.2) is 0 Å². The second-order valence-electron chi connectivity index (χ2n) is 5.65. The van der Waals surface area contributed by atoms with Crippen molar-refractivity contribution in [1.82, 2.24) is 15.1 Å². The molecule has 2 unspecified atom stereocenters. The smallest absolute Gasteiger partial charge is 0.0766 e. The zero-order valence-electron chi connectivity index (χ0n) is 13.5. The fraction of sp³-hybridized carbons (Fsp3) is 0.812. The second-order valence-corrected chi connectivity index (χ2v) is 6.44. The minimum absolute atomic E-state index is 0.330. The van der Waals surface area contributed by atoms with E-state index in [2.05, 4.69) is 46.7 Å². The van der Waals surface area contributed by atoms with Gasteiger partial charge in [-0.1, -0.05) is 13.8 Å². The molecule has 0 aliphatic carbocycles. The number of nitrogens with one attached hydrogen (secondary N) is 1. The Morgan fingerprint density at radius 3 is 2.76 bits per heavy atom. The highest BCUT2D eigenvalue weighted by Gasteiger charge is 2.26. The molecule has 2 rings (SSSR count). The van der Waals surface area contributed by atoms with Crippen molar-refractivity contribution in [3.63, 3.8) is 0 Å². The normalized spacial score (nSPS) is 20.7. The molecule has 5 heteroatoms. The molecule has 21 heavy (non-hydrogen) atoms. The molecule has 0 amide bonds. The van der Waals surface area contributed by atoms with Crippen LogP contribution in [0, 0.1) is 0 Å². The third kappa shape index (κ3) is 4.08. The molecule has 2 heterocycles. The SMILES string of the molecule is CCNC(Cc1c(Br)c(CC)nn1CC)C1CCCCO1. The largest absolute Gasteiger partial charge is 0.377 e. The molecule has 1 aliphatic rings. The van der Waals surface area contributed by atoms with Crippen molar-refractivity contribution < 1.29 is 4.74 Å². The highest BCUT2D eigenvalue weighted by atomic mass is 79.9. The molecule has 0 saturated carbocycles.